The molecule has 4 unspecified atom stereocenters. The van der Waals surface area contributed by atoms with Crippen molar-refractivity contribution in [3.63, 3.8) is 0 Å². The molecule has 1 aliphatic carbocycles. The van der Waals surface area contributed by atoms with Crippen LogP contribution in [0.15, 0.2) is 115 Å². The number of Topliss-reactive ketones (excluding diaryl/α,β-unsaturated/α-hetero) is 2. The van der Waals surface area contributed by atoms with Crippen LogP contribution in [0.3, 0.4) is 0 Å². The number of hydrogen-bond donors (Lipinski definition) is 1. The van der Waals surface area contributed by atoms with E-state index in [-0.39, 0.29) is 74.6 Å². The van der Waals surface area contributed by atoms with Crippen molar-refractivity contribution in [1.82, 2.24) is 9.55 Å². The molecule has 3 heterocycles. The van der Waals surface area contributed by atoms with Crippen LogP contribution in [0.5, 0.6) is 0 Å². The molecule has 0 radical (unpaired) electrons. The number of rotatable bonds is 11. The van der Waals surface area contributed by atoms with Crippen molar-refractivity contribution >= 4 is 55.2 Å². The van der Waals surface area contributed by atoms with Crippen LogP contribution in [0.2, 0.25) is 0 Å². The van der Waals surface area contributed by atoms with Gasteiger partial charge >= 0.3 is 0 Å². The Morgan fingerprint density at radius 1 is 0.650 bits per heavy atom. The number of ketones is 2. The lowest BCUT2D eigenvalue weighted by Crippen LogP contribution is -2.49. The van der Waals surface area contributed by atoms with Crippen LogP contribution < -0.4 is 0 Å². The maximum Gasteiger partial charge on any atom is 0.172 e. The first-order valence-electron chi connectivity index (χ1n) is 19.7. The van der Waals surface area contributed by atoms with Gasteiger partial charge in [0.1, 0.15) is 6.10 Å². The number of aromatic amines is 1. The Morgan fingerprint density at radius 3 is 1.85 bits per heavy atom. The van der Waals surface area contributed by atoms with Gasteiger partial charge < -0.3 is 28.5 Å². The highest BCUT2D eigenvalue weighted by Gasteiger charge is 2.45. The van der Waals surface area contributed by atoms with Gasteiger partial charge in [0.15, 0.2) is 41.1 Å². The van der Waals surface area contributed by atoms with Gasteiger partial charge in [-0.15, -0.1) is 0 Å². The molecule has 8 nitrogen and oxygen atoms in total. The lowest BCUT2D eigenvalue weighted by atomic mass is 9.96. The second kappa shape index (κ2) is 15.4. The molecule has 6 aromatic carbocycles. The van der Waals surface area contributed by atoms with Crippen LogP contribution in [0.25, 0.3) is 43.6 Å². The highest BCUT2D eigenvalue weighted by Crippen LogP contribution is 2.48. The molecule has 1 N–H and O–H groups in total. The minimum absolute atomic E-state index is 0.00115. The number of halogens is 4. The van der Waals surface area contributed by atoms with Crippen LogP contribution in [0.4, 0.5) is 17.6 Å². The molecule has 0 spiro atoms. The number of ether oxygens (including phenoxy) is 4. The second-order valence-electron chi connectivity index (χ2n) is 15.3. The molecule has 8 aromatic rings. The van der Waals surface area contributed by atoms with Crippen molar-refractivity contribution in [2.45, 2.75) is 57.2 Å². The third kappa shape index (κ3) is 6.65. The van der Waals surface area contributed by atoms with Crippen molar-refractivity contribution in [2.24, 2.45) is 0 Å². The van der Waals surface area contributed by atoms with E-state index in [1.807, 2.05) is 91.0 Å². The van der Waals surface area contributed by atoms with E-state index in [2.05, 4.69) is 4.98 Å². The Labute approximate surface area is 340 Å². The van der Waals surface area contributed by atoms with E-state index >= 15 is 8.78 Å². The second-order valence-corrected chi connectivity index (χ2v) is 15.3. The van der Waals surface area contributed by atoms with Gasteiger partial charge in [-0.3, -0.25) is 9.59 Å². The van der Waals surface area contributed by atoms with Gasteiger partial charge in [-0.1, -0.05) is 91.0 Å². The Bertz CT molecular complexity index is 2950. The topological polar surface area (TPSA) is 91.8 Å². The Morgan fingerprint density at radius 2 is 1.20 bits per heavy atom. The number of carbonyl (C=O) groups excluding carboxylic acids is 2. The smallest absolute Gasteiger partial charge is 0.172 e. The Hall–Kier alpha value is -6.18. The fourth-order valence-corrected chi connectivity index (χ4v) is 8.82. The maximum absolute atomic E-state index is 15.6. The van der Waals surface area contributed by atoms with Gasteiger partial charge in [0, 0.05) is 56.7 Å². The van der Waals surface area contributed by atoms with E-state index in [1.54, 1.807) is 4.57 Å². The summed E-state index contributed by atoms with van der Waals surface area (Å²) in [5.41, 5.74) is 3.44. The van der Waals surface area contributed by atoms with Crippen molar-refractivity contribution in [3.8, 4) is 0 Å². The number of nitrogens with zero attached hydrogens (tertiary/aromatic N) is 1. The summed E-state index contributed by atoms with van der Waals surface area (Å²) >= 11 is 0. The zero-order valence-corrected chi connectivity index (χ0v) is 31.9. The molecule has 1 saturated heterocycles. The largest absolute Gasteiger partial charge is 0.374 e. The van der Waals surface area contributed by atoms with Crippen molar-refractivity contribution in [2.75, 3.05) is 6.61 Å². The number of carbonyl (C=O) groups is 2. The first-order chi connectivity index (χ1) is 29.2. The maximum atomic E-state index is 15.6. The van der Waals surface area contributed by atoms with Gasteiger partial charge in [0.05, 0.1) is 61.6 Å². The summed E-state index contributed by atoms with van der Waals surface area (Å²) in [6.07, 6.45) is -3.56. The SMILES string of the molecule is O=C1CC(=O)c2c1c1c3cc(F)c(F)cc3[nH]c1c1c2c2cc(F)c(F)cc2n1C1OC(COCc2ccccc2)CC(OCc2ccccc2)C1OCc1ccccc1. The number of nitrogens with one attached hydrogen (secondary N) is 1. The molecule has 1 aliphatic heterocycles. The molecule has 0 bridgehead atoms. The van der Waals surface area contributed by atoms with Crippen LogP contribution in [0.1, 0.15) is 56.5 Å². The van der Waals surface area contributed by atoms with Crippen molar-refractivity contribution in [1.29, 1.82) is 0 Å². The molecule has 10 rings (SSSR count). The summed E-state index contributed by atoms with van der Waals surface area (Å²) in [4.78, 5) is 30.9. The van der Waals surface area contributed by atoms with Crippen LogP contribution in [-0.2, 0) is 38.8 Å². The first kappa shape index (κ1) is 38.0. The predicted molar refractivity (Wildman–Crippen MR) is 217 cm³/mol. The van der Waals surface area contributed by atoms with Gasteiger partial charge in [-0.2, -0.15) is 0 Å². The average molecular weight is 813 g/mol. The first-order valence-corrected chi connectivity index (χ1v) is 19.7. The summed E-state index contributed by atoms with van der Waals surface area (Å²) in [7, 11) is 0. The van der Waals surface area contributed by atoms with Crippen LogP contribution in [-0.4, -0.2) is 46.0 Å². The van der Waals surface area contributed by atoms with Crippen molar-refractivity contribution in [3.05, 3.63) is 166 Å². The van der Waals surface area contributed by atoms with Gasteiger partial charge in [-0.05, 0) is 28.8 Å². The van der Waals surface area contributed by atoms with Crippen molar-refractivity contribution < 1.29 is 46.1 Å². The molecule has 2 aromatic heterocycles. The number of benzene rings is 6. The lowest BCUT2D eigenvalue weighted by molar-refractivity contribution is -0.238. The third-order valence-electron chi connectivity index (χ3n) is 11.5. The number of hydrogen-bond acceptors (Lipinski definition) is 6. The third-order valence-corrected chi connectivity index (χ3v) is 11.5. The summed E-state index contributed by atoms with van der Waals surface area (Å²) in [6.45, 7) is 0.737. The summed E-state index contributed by atoms with van der Waals surface area (Å²) < 4.78 is 89.3. The highest BCUT2D eigenvalue weighted by molar-refractivity contribution is 6.40. The minimum atomic E-state index is -1.18. The molecule has 0 amide bonds. The van der Waals surface area contributed by atoms with Gasteiger partial charge in [0.2, 0.25) is 0 Å². The van der Waals surface area contributed by atoms with E-state index in [0.717, 1.165) is 41.0 Å². The molecule has 12 heteroatoms. The monoisotopic (exact) mass is 812 g/mol. The number of aromatic nitrogens is 2. The molecular formula is C48H36F4N2O6. The van der Waals surface area contributed by atoms with Crippen LogP contribution in [0, 0.1) is 23.3 Å². The highest BCUT2D eigenvalue weighted by atomic mass is 19.2. The zero-order chi connectivity index (χ0) is 41.1. The molecular weight excluding hydrogens is 777 g/mol. The number of fused-ring (bicyclic) bond motifs is 10. The zero-order valence-electron chi connectivity index (χ0n) is 31.9. The fraction of sp³-hybridized carbons (Fsp3) is 0.208. The normalized spacial score (nSPS) is 19.3. The molecule has 302 valence electrons. The standard InChI is InChI=1S/C48H36F4N2O6/c49-32-17-30-36(19-34(32)51)53-45-41(30)43-38(55)21-39(56)44(43)42-31-18-33(50)35(52)20-37(31)54(46(42)45)48-47(59-24-28-14-8-3-9-15-28)40(58-23-27-12-6-2-7-13-27)16-29(60-48)25-57-22-26-10-4-1-5-11-26/h1-15,17-20,29,40,47-48,53H,16,21-25H2. The van der Waals surface area contributed by atoms with E-state index in [9.17, 15) is 18.4 Å². The Kier molecular flexibility index (Phi) is 9.80. The molecule has 4 atom stereocenters. The molecule has 2 aliphatic rings. The average Bonchev–Trinajstić information content (AvgIpc) is 3.88. The summed E-state index contributed by atoms with van der Waals surface area (Å²) in [6, 6.07) is 32.7. The molecule has 0 saturated carbocycles. The molecule has 1 fully saturated rings. The van der Waals surface area contributed by atoms with E-state index in [1.165, 1.54) is 0 Å². The minimum Gasteiger partial charge on any atom is -0.374 e. The quantitative estimate of drug-likeness (QED) is 0.103. The van der Waals surface area contributed by atoms with E-state index in [4.69, 9.17) is 18.9 Å². The predicted octanol–water partition coefficient (Wildman–Crippen LogP) is 10.4. The van der Waals surface area contributed by atoms with E-state index < -0.39 is 65.8 Å². The van der Waals surface area contributed by atoms with E-state index in [0.29, 0.717) is 13.0 Å². The Balaban J connectivity index is 1.22. The summed E-state index contributed by atoms with van der Waals surface area (Å²) in [5.74, 6) is -5.69. The summed E-state index contributed by atoms with van der Waals surface area (Å²) in [5, 5.41) is 0.654. The lowest BCUT2D eigenvalue weighted by Gasteiger charge is -2.42. The molecule has 60 heavy (non-hydrogen) atoms. The van der Waals surface area contributed by atoms with Gasteiger partial charge in [-0.25, -0.2) is 17.6 Å². The van der Waals surface area contributed by atoms with Crippen LogP contribution >= 0.6 is 0 Å². The van der Waals surface area contributed by atoms with Gasteiger partial charge in [0.25, 0.3) is 0 Å². The number of H-pyrrole nitrogens is 1. The fourth-order valence-electron chi connectivity index (χ4n) is 8.82.